The van der Waals surface area contributed by atoms with Crippen LogP contribution in [0.25, 0.3) is 0 Å². The van der Waals surface area contributed by atoms with Gasteiger partial charge in [-0.05, 0) is 45.0 Å². The van der Waals surface area contributed by atoms with Gasteiger partial charge in [0, 0.05) is 18.7 Å². The van der Waals surface area contributed by atoms with Crippen LogP contribution in [0.4, 0.5) is 0 Å². The predicted molar refractivity (Wildman–Crippen MR) is 76.1 cm³/mol. The lowest BCUT2D eigenvalue weighted by atomic mass is 10.2. The SMILES string of the molecule is CCN(CCCCC(=O)NN)Cc1cccc(C)n1. The third-order valence-electron chi connectivity index (χ3n) is 3.07. The van der Waals surface area contributed by atoms with Gasteiger partial charge in [-0.1, -0.05) is 13.0 Å². The van der Waals surface area contributed by atoms with Crippen LogP contribution in [0.3, 0.4) is 0 Å². The first kappa shape index (κ1) is 15.6. The molecule has 0 aromatic carbocycles. The third-order valence-corrected chi connectivity index (χ3v) is 3.07. The maximum absolute atomic E-state index is 11.0. The number of unbranched alkanes of at least 4 members (excludes halogenated alkanes) is 1. The van der Waals surface area contributed by atoms with Crippen LogP contribution in [0.5, 0.6) is 0 Å². The number of hydrogen-bond donors (Lipinski definition) is 2. The molecule has 1 amide bonds. The molecule has 106 valence electrons. The van der Waals surface area contributed by atoms with Gasteiger partial charge in [0.1, 0.15) is 0 Å². The Morgan fingerprint density at radius 1 is 1.42 bits per heavy atom. The first-order valence-electron chi connectivity index (χ1n) is 6.80. The van der Waals surface area contributed by atoms with Gasteiger partial charge in [0.15, 0.2) is 0 Å². The Morgan fingerprint density at radius 3 is 2.84 bits per heavy atom. The zero-order valence-electron chi connectivity index (χ0n) is 11.9. The molecule has 3 N–H and O–H groups in total. The van der Waals surface area contributed by atoms with Gasteiger partial charge >= 0.3 is 0 Å². The molecule has 0 aliphatic heterocycles. The molecule has 0 unspecified atom stereocenters. The first-order valence-corrected chi connectivity index (χ1v) is 6.80. The van der Waals surface area contributed by atoms with Gasteiger partial charge < -0.3 is 0 Å². The summed E-state index contributed by atoms with van der Waals surface area (Å²) in [4.78, 5) is 17.8. The molecule has 0 saturated heterocycles. The standard InChI is InChI=1S/C14H24N4O/c1-3-18(10-5-4-9-14(19)17-15)11-13-8-6-7-12(2)16-13/h6-8H,3-5,9-11,15H2,1-2H3,(H,17,19). The Hall–Kier alpha value is -1.46. The zero-order chi connectivity index (χ0) is 14.1. The summed E-state index contributed by atoms with van der Waals surface area (Å²) in [6.07, 6.45) is 2.35. The molecule has 0 saturated carbocycles. The van der Waals surface area contributed by atoms with E-state index in [-0.39, 0.29) is 5.91 Å². The van der Waals surface area contributed by atoms with Crippen LogP contribution in [-0.4, -0.2) is 28.9 Å². The molecule has 0 atom stereocenters. The van der Waals surface area contributed by atoms with Gasteiger partial charge in [0.05, 0.1) is 5.69 Å². The Morgan fingerprint density at radius 2 is 2.21 bits per heavy atom. The van der Waals surface area contributed by atoms with Crippen LogP contribution in [0.15, 0.2) is 18.2 Å². The Balaban J connectivity index is 2.31. The van der Waals surface area contributed by atoms with Crippen molar-refractivity contribution in [2.75, 3.05) is 13.1 Å². The normalized spacial score (nSPS) is 10.7. The smallest absolute Gasteiger partial charge is 0.233 e. The number of hydrazine groups is 1. The summed E-state index contributed by atoms with van der Waals surface area (Å²) in [6.45, 7) is 6.97. The molecular formula is C14H24N4O. The summed E-state index contributed by atoms with van der Waals surface area (Å²) >= 11 is 0. The van der Waals surface area contributed by atoms with E-state index in [4.69, 9.17) is 5.84 Å². The van der Waals surface area contributed by atoms with E-state index in [1.54, 1.807) is 0 Å². The Bertz CT molecular complexity index is 395. The second-order valence-corrected chi connectivity index (χ2v) is 4.66. The van der Waals surface area contributed by atoms with Crippen LogP contribution < -0.4 is 11.3 Å². The fourth-order valence-corrected chi connectivity index (χ4v) is 1.96. The largest absolute Gasteiger partial charge is 0.298 e. The molecule has 0 aliphatic carbocycles. The van der Waals surface area contributed by atoms with Gasteiger partial charge in [0.25, 0.3) is 0 Å². The summed E-state index contributed by atoms with van der Waals surface area (Å²) < 4.78 is 0. The zero-order valence-corrected chi connectivity index (χ0v) is 11.9. The van der Waals surface area contributed by atoms with Crippen molar-refractivity contribution in [3.8, 4) is 0 Å². The lowest BCUT2D eigenvalue weighted by Crippen LogP contribution is -2.30. The van der Waals surface area contributed by atoms with Crippen LogP contribution in [0.2, 0.25) is 0 Å². The fraction of sp³-hybridized carbons (Fsp3) is 0.571. The van der Waals surface area contributed by atoms with Crippen molar-refractivity contribution in [3.63, 3.8) is 0 Å². The van der Waals surface area contributed by atoms with E-state index in [0.717, 1.165) is 43.9 Å². The molecular weight excluding hydrogens is 240 g/mol. The molecule has 0 spiro atoms. The quantitative estimate of drug-likeness (QED) is 0.322. The van der Waals surface area contributed by atoms with Crippen molar-refractivity contribution in [3.05, 3.63) is 29.6 Å². The number of rotatable bonds is 8. The molecule has 0 fully saturated rings. The summed E-state index contributed by atoms with van der Waals surface area (Å²) in [5.41, 5.74) is 4.30. The number of nitrogens with two attached hydrogens (primary N) is 1. The van der Waals surface area contributed by atoms with Crippen LogP contribution in [-0.2, 0) is 11.3 Å². The molecule has 19 heavy (non-hydrogen) atoms. The second kappa shape index (κ2) is 8.61. The number of carbonyl (C=O) groups excluding carboxylic acids is 1. The highest BCUT2D eigenvalue weighted by Crippen LogP contribution is 2.05. The number of hydrogen-bond acceptors (Lipinski definition) is 4. The van der Waals surface area contributed by atoms with Crippen molar-refractivity contribution >= 4 is 5.91 Å². The average molecular weight is 264 g/mol. The van der Waals surface area contributed by atoms with Gasteiger partial charge in [0.2, 0.25) is 5.91 Å². The van der Waals surface area contributed by atoms with Crippen molar-refractivity contribution in [1.29, 1.82) is 0 Å². The van der Waals surface area contributed by atoms with Gasteiger partial charge in [-0.15, -0.1) is 0 Å². The molecule has 0 aliphatic rings. The maximum atomic E-state index is 11.0. The Kier molecular flexibility index (Phi) is 7.07. The monoisotopic (exact) mass is 264 g/mol. The highest BCUT2D eigenvalue weighted by Gasteiger charge is 2.05. The van der Waals surface area contributed by atoms with Crippen LogP contribution in [0, 0.1) is 6.92 Å². The van der Waals surface area contributed by atoms with Crippen molar-refractivity contribution < 1.29 is 4.79 Å². The highest BCUT2D eigenvalue weighted by atomic mass is 16.2. The van der Waals surface area contributed by atoms with Crippen molar-refractivity contribution in [2.24, 2.45) is 5.84 Å². The van der Waals surface area contributed by atoms with E-state index >= 15 is 0 Å². The van der Waals surface area contributed by atoms with Crippen LogP contribution in [0.1, 0.15) is 37.6 Å². The van der Waals surface area contributed by atoms with E-state index in [9.17, 15) is 4.79 Å². The third kappa shape index (κ3) is 6.31. The predicted octanol–water partition coefficient (Wildman–Crippen LogP) is 1.37. The Labute approximate surface area is 115 Å². The number of nitrogens with one attached hydrogen (secondary N) is 1. The van der Waals surface area contributed by atoms with Crippen molar-refractivity contribution in [2.45, 2.75) is 39.7 Å². The van der Waals surface area contributed by atoms with E-state index in [1.807, 2.05) is 19.1 Å². The maximum Gasteiger partial charge on any atom is 0.233 e. The summed E-state index contributed by atoms with van der Waals surface area (Å²) in [5.74, 6) is 4.94. The van der Waals surface area contributed by atoms with E-state index in [1.165, 1.54) is 0 Å². The lowest BCUT2D eigenvalue weighted by molar-refractivity contribution is -0.121. The molecule has 1 rings (SSSR count). The minimum atomic E-state index is -0.0941. The first-order chi connectivity index (χ1) is 9.15. The number of amides is 1. The van der Waals surface area contributed by atoms with Gasteiger partial charge in [-0.2, -0.15) is 0 Å². The minimum Gasteiger partial charge on any atom is -0.298 e. The minimum absolute atomic E-state index is 0.0941. The summed E-state index contributed by atoms with van der Waals surface area (Å²) in [5, 5.41) is 0. The van der Waals surface area contributed by atoms with E-state index in [2.05, 4.69) is 28.3 Å². The lowest BCUT2D eigenvalue weighted by Gasteiger charge is -2.19. The van der Waals surface area contributed by atoms with Crippen molar-refractivity contribution in [1.82, 2.24) is 15.3 Å². The molecule has 1 aromatic rings. The number of nitrogens with zero attached hydrogens (tertiary/aromatic N) is 2. The number of aromatic nitrogens is 1. The topological polar surface area (TPSA) is 71.2 Å². The molecule has 5 heteroatoms. The van der Waals surface area contributed by atoms with Crippen LogP contribution >= 0.6 is 0 Å². The molecule has 5 nitrogen and oxygen atoms in total. The number of pyridine rings is 1. The molecule has 1 heterocycles. The highest BCUT2D eigenvalue weighted by molar-refractivity contribution is 5.75. The molecule has 0 radical (unpaired) electrons. The summed E-state index contributed by atoms with van der Waals surface area (Å²) in [6, 6.07) is 6.10. The number of carbonyl (C=O) groups is 1. The van der Waals surface area contributed by atoms with E-state index in [0.29, 0.717) is 6.42 Å². The number of aryl methyl sites for hydroxylation is 1. The molecule has 0 bridgehead atoms. The summed E-state index contributed by atoms with van der Waals surface area (Å²) in [7, 11) is 0. The van der Waals surface area contributed by atoms with E-state index < -0.39 is 0 Å². The fourth-order valence-electron chi connectivity index (χ4n) is 1.96. The average Bonchev–Trinajstić information content (AvgIpc) is 2.41. The van der Waals surface area contributed by atoms with Gasteiger partial charge in [-0.3, -0.25) is 20.1 Å². The molecule has 1 aromatic heterocycles. The van der Waals surface area contributed by atoms with Gasteiger partial charge in [-0.25, -0.2) is 5.84 Å². The second-order valence-electron chi connectivity index (χ2n) is 4.66.